The van der Waals surface area contributed by atoms with Crippen LogP contribution in [0.4, 0.5) is 0 Å². The highest BCUT2D eigenvalue weighted by molar-refractivity contribution is 7.98. The lowest BCUT2D eigenvalue weighted by molar-refractivity contribution is 0.0469. The van der Waals surface area contributed by atoms with Crippen LogP contribution in [0.5, 0.6) is 5.75 Å². The zero-order chi connectivity index (χ0) is 17.8. The maximum atomic E-state index is 12.4. The smallest absolute Gasteiger partial charge is 0.342 e. The molecule has 126 valence electrons. The number of methoxy groups -OCH3 is 1. The second kappa shape index (κ2) is 7.32. The molecule has 0 amide bonds. The van der Waals surface area contributed by atoms with Crippen LogP contribution in [0.1, 0.15) is 21.5 Å². The molecule has 0 saturated heterocycles. The molecule has 0 fully saturated rings. The summed E-state index contributed by atoms with van der Waals surface area (Å²) in [5.74, 6) is -0.0111. The van der Waals surface area contributed by atoms with Gasteiger partial charge >= 0.3 is 5.97 Å². The quantitative estimate of drug-likeness (QED) is 0.515. The molecular weight excluding hydrogens is 336 g/mol. The Morgan fingerprint density at radius 3 is 2.88 bits per heavy atom. The molecule has 1 aromatic carbocycles. The number of fused-ring (bicyclic) bond motifs is 1. The lowest BCUT2D eigenvalue weighted by Gasteiger charge is -2.09. The monoisotopic (exact) mass is 352 g/mol. The topological polar surface area (TPSA) is 63.7 Å². The second-order valence-electron chi connectivity index (χ2n) is 5.28. The molecule has 5 nitrogen and oxygen atoms in total. The molecule has 2 aromatic heterocycles. The molecule has 0 aliphatic heterocycles. The molecule has 6 heteroatoms. The number of thioether (sulfide) groups is 1. The minimum Gasteiger partial charge on any atom is -0.496 e. The predicted molar refractivity (Wildman–Crippen MR) is 96.0 cm³/mol. The van der Waals surface area contributed by atoms with Gasteiger partial charge in [-0.05, 0) is 36.6 Å². The summed E-state index contributed by atoms with van der Waals surface area (Å²) in [5, 5.41) is 9.40. The number of hydrogen-bond donors (Lipinski definition) is 0. The maximum Gasteiger partial charge on any atom is 0.342 e. The number of rotatable bonds is 5. The van der Waals surface area contributed by atoms with Crippen LogP contribution >= 0.6 is 11.8 Å². The van der Waals surface area contributed by atoms with Gasteiger partial charge in [-0.3, -0.25) is 0 Å². The molecule has 25 heavy (non-hydrogen) atoms. The summed E-state index contributed by atoms with van der Waals surface area (Å²) >= 11 is 1.57. The van der Waals surface area contributed by atoms with E-state index in [9.17, 15) is 10.1 Å². The molecule has 0 radical (unpaired) electrons. The third kappa shape index (κ3) is 3.32. The lowest BCUT2D eigenvalue weighted by atomic mass is 10.2. The SMILES string of the molecule is COc1cc(SC)ccc1C(=O)OCc1cn2ccccc2c1C#N. The van der Waals surface area contributed by atoms with Crippen LogP contribution in [0.3, 0.4) is 0 Å². The van der Waals surface area contributed by atoms with Crippen molar-refractivity contribution in [2.24, 2.45) is 0 Å². The van der Waals surface area contributed by atoms with Crippen molar-refractivity contribution in [3.05, 3.63) is 65.5 Å². The molecule has 0 aliphatic rings. The zero-order valence-corrected chi connectivity index (χ0v) is 14.7. The number of pyridine rings is 1. The van der Waals surface area contributed by atoms with Crippen molar-refractivity contribution in [2.75, 3.05) is 13.4 Å². The minimum atomic E-state index is -0.483. The van der Waals surface area contributed by atoms with E-state index in [0.717, 1.165) is 10.4 Å². The molecule has 0 unspecified atom stereocenters. The third-order valence-electron chi connectivity index (χ3n) is 3.86. The Labute approximate surface area is 149 Å². The average molecular weight is 352 g/mol. The number of nitriles is 1. The normalized spacial score (nSPS) is 10.4. The first-order chi connectivity index (χ1) is 12.2. The first kappa shape index (κ1) is 16.9. The van der Waals surface area contributed by atoms with Crippen molar-refractivity contribution < 1.29 is 14.3 Å². The van der Waals surface area contributed by atoms with Gasteiger partial charge in [0.05, 0.1) is 18.2 Å². The van der Waals surface area contributed by atoms with E-state index in [4.69, 9.17) is 9.47 Å². The van der Waals surface area contributed by atoms with Crippen LogP contribution < -0.4 is 4.74 Å². The Balaban J connectivity index is 1.83. The fourth-order valence-electron chi connectivity index (χ4n) is 2.60. The number of esters is 1. The van der Waals surface area contributed by atoms with Crippen LogP contribution in [-0.2, 0) is 11.3 Å². The van der Waals surface area contributed by atoms with Crippen LogP contribution in [0.15, 0.2) is 53.7 Å². The molecule has 0 bridgehead atoms. The van der Waals surface area contributed by atoms with Gasteiger partial charge in [-0.1, -0.05) is 6.07 Å². The summed E-state index contributed by atoms with van der Waals surface area (Å²) in [6.07, 6.45) is 5.61. The van der Waals surface area contributed by atoms with Crippen molar-refractivity contribution in [3.63, 3.8) is 0 Å². The Kier molecular flexibility index (Phi) is 4.96. The Hall–Kier alpha value is -2.91. The molecule has 0 saturated carbocycles. The summed E-state index contributed by atoms with van der Waals surface area (Å²) in [7, 11) is 1.52. The molecule has 0 atom stereocenters. The summed E-state index contributed by atoms with van der Waals surface area (Å²) in [6.45, 7) is 0.0246. The Morgan fingerprint density at radius 2 is 2.16 bits per heavy atom. The maximum absolute atomic E-state index is 12.4. The number of ether oxygens (including phenoxy) is 2. The lowest BCUT2D eigenvalue weighted by Crippen LogP contribution is -2.07. The Bertz CT molecular complexity index is 972. The van der Waals surface area contributed by atoms with Gasteiger partial charge < -0.3 is 13.9 Å². The summed E-state index contributed by atoms with van der Waals surface area (Å²) < 4.78 is 12.5. The van der Waals surface area contributed by atoms with Crippen LogP contribution in [0, 0.1) is 11.3 Å². The van der Waals surface area contributed by atoms with Crippen LogP contribution in [0.25, 0.3) is 5.52 Å². The van der Waals surface area contributed by atoms with Gasteiger partial charge in [-0.2, -0.15) is 5.26 Å². The summed E-state index contributed by atoms with van der Waals surface area (Å²) in [6, 6.07) is 13.1. The fraction of sp³-hybridized carbons (Fsp3) is 0.158. The highest BCUT2D eigenvalue weighted by Crippen LogP contribution is 2.26. The van der Waals surface area contributed by atoms with Crippen molar-refractivity contribution in [3.8, 4) is 11.8 Å². The van der Waals surface area contributed by atoms with E-state index in [1.54, 1.807) is 30.1 Å². The van der Waals surface area contributed by atoms with Gasteiger partial charge in [0.1, 0.15) is 24.0 Å². The van der Waals surface area contributed by atoms with Crippen molar-refractivity contribution >= 4 is 23.2 Å². The van der Waals surface area contributed by atoms with E-state index < -0.39 is 5.97 Å². The van der Waals surface area contributed by atoms with E-state index in [1.165, 1.54) is 7.11 Å². The van der Waals surface area contributed by atoms with E-state index in [-0.39, 0.29) is 6.61 Å². The van der Waals surface area contributed by atoms with Gasteiger partial charge in [-0.15, -0.1) is 11.8 Å². The number of aromatic nitrogens is 1. The molecule has 3 rings (SSSR count). The molecular formula is C19H16N2O3S. The zero-order valence-electron chi connectivity index (χ0n) is 13.9. The van der Waals surface area contributed by atoms with E-state index >= 15 is 0 Å². The van der Waals surface area contributed by atoms with E-state index in [2.05, 4.69) is 6.07 Å². The first-order valence-electron chi connectivity index (χ1n) is 7.55. The molecule has 0 spiro atoms. The van der Waals surface area contributed by atoms with Crippen molar-refractivity contribution in [1.29, 1.82) is 5.26 Å². The number of carbonyl (C=O) groups excluding carboxylic acids is 1. The molecule has 0 N–H and O–H groups in total. The summed E-state index contributed by atoms with van der Waals surface area (Å²) in [5.41, 5.74) is 2.33. The van der Waals surface area contributed by atoms with Gasteiger partial charge in [0, 0.05) is 22.9 Å². The van der Waals surface area contributed by atoms with E-state index in [1.807, 2.05) is 41.1 Å². The minimum absolute atomic E-state index is 0.0246. The summed E-state index contributed by atoms with van der Waals surface area (Å²) in [4.78, 5) is 13.4. The van der Waals surface area contributed by atoms with Crippen LogP contribution in [0.2, 0.25) is 0 Å². The standard InChI is InChI=1S/C19H16N2O3S/c1-23-18-9-14(25-2)6-7-15(18)19(22)24-12-13-11-21-8-4-3-5-17(21)16(13)10-20/h3-9,11H,12H2,1-2H3. The van der Waals surface area contributed by atoms with Crippen molar-refractivity contribution in [1.82, 2.24) is 4.40 Å². The molecule has 2 heterocycles. The highest BCUT2D eigenvalue weighted by atomic mass is 32.2. The van der Waals surface area contributed by atoms with Crippen LogP contribution in [-0.4, -0.2) is 23.7 Å². The molecule has 0 aliphatic carbocycles. The fourth-order valence-corrected chi connectivity index (χ4v) is 3.03. The third-order valence-corrected chi connectivity index (χ3v) is 4.59. The first-order valence-corrected chi connectivity index (χ1v) is 8.78. The highest BCUT2D eigenvalue weighted by Gasteiger charge is 2.17. The predicted octanol–water partition coefficient (Wildman–Crippen LogP) is 3.90. The van der Waals surface area contributed by atoms with Gasteiger partial charge in [0.25, 0.3) is 0 Å². The number of hydrogen-bond acceptors (Lipinski definition) is 5. The van der Waals surface area contributed by atoms with Gasteiger partial charge in [-0.25, -0.2) is 4.79 Å². The Morgan fingerprint density at radius 1 is 1.32 bits per heavy atom. The van der Waals surface area contributed by atoms with Gasteiger partial charge in [0.2, 0.25) is 0 Å². The van der Waals surface area contributed by atoms with E-state index in [0.29, 0.717) is 22.4 Å². The largest absolute Gasteiger partial charge is 0.496 e. The second-order valence-corrected chi connectivity index (χ2v) is 6.16. The molecule has 3 aromatic rings. The number of carbonyl (C=O) groups is 1. The number of benzene rings is 1. The number of nitrogens with zero attached hydrogens (tertiary/aromatic N) is 2. The van der Waals surface area contributed by atoms with Crippen molar-refractivity contribution in [2.45, 2.75) is 11.5 Å². The van der Waals surface area contributed by atoms with Gasteiger partial charge in [0.15, 0.2) is 0 Å². The average Bonchev–Trinajstić information content (AvgIpc) is 3.02.